The van der Waals surface area contributed by atoms with Gasteiger partial charge in [-0.15, -0.1) is 0 Å². The molecule has 5 heteroatoms. The minimum Gasteiger partial charge on any atom is -0.370 e. The molecule has 92 valence electrons. The van der Waals surface area contributed by atoms with E-state index >= 15 is 0 Å². The molecule has 17 heavy (non-hydrogen) atoms. The molecule has 0 aliphatic heterocycles. The Bertz CT molecular complexity index is 398. The average Bonchev–Trinajstić information content (AvgIpc) is 3.20. The first-order chi connectivity index (χ1) is 8.35. The van der Waals surface area contributed by atoms with Gasteiger partial charge in [0.2, 0.25) is 0 Å². The summed E-state index contributed by atoms with van der Waals surface area (Å²) in [5.74, 6) is 9.45. The monoisotopic (exact) mass is 233 g/mol. The average molecular weight is 233 g/mol. The molecule has 1 heterocycles. The summed E-state index contributed by atoms with van der Waals surface area (Å²) in [7, 11) is 0. The van der Waals surface area contributed by atoms with E-state index in [2.05, 4.69) is 20.7 Å². The molecular formula is C12H19N5. The second-order valence-corrected chi connectivity index (χ2v) is 5.07. The maximum atomic E-state index is 5.43. The van der Waals surface area contributed by atoms with E-state index in [0.29, 0.717) is 11.7 Å². The van der Waals surface area contributed by atoms with Crippen molar-refractivity contribution in [2.75, 3.05) is 17.3 Å². The Kier molecular flexibility index (Phi) is 2.84. The molecule has 2 aliphatic rings. The van der Waals surface area contributed by atoms with Gasteiger partial charge in [-0.2, -0.15) is 0 Å². The third-order valence-corrected chi connectivity index (χ3v) is 3.39. The molecule has 5 nitrogen and oxygen atoms in total. The summed E-state index contributed by atoms with van der Waals surface area (Å²) in [6.45, 7) is 0.996. The fourth-order valence-corrected chi connectivity index (χ4v) is 1.97. The maximum absolute atomic E-state index is 5.43. The van der Waals surface area contributed by atoms with E-state index in [9.17, 15) is 0 Å². The van der Waals surface area contributed by atoms with Crippen LogP contribution in [0.1, 0.15) is 43.8 Å². The number of nitrogens with two attached hydrogens (primary N) is 1. The summed E-state index contributed by atoms with van der Waals surface area (Å²) < 4.78 is 0. The molecule has 2 saturated carbocycles. The van der Waals surface area contributed by atoms with Crippen molar-refractivity contribution in [2.24, 2.45) is 11.8 Å². The molecule has 4 N–H and O–H groups in total. The van der Waals surface area contributed by atoms with Gasteiger partial charge in [0.1, 0.15) is 17.5 Å². The number of anilines is 2. The minimum atomic E-state index is 0.548. The number of nitrogens with zero attached hydrogens (tertiary/aromatic N) is 2. The SMILES string of the molecule is NNc1cc(NCCC2CC2)nc(C2CC2)n1. The summed E-state index contributed by atoms with van der Waals surface area (Å²) in [5, 5.41) is 3.37. The van der Waals surface area contributed by atoms with Crippen LogP contribution >= 0.6 is 0 Å². The number of nitrogen functional groups attached to an aromatic ring is 1. The van der Waals surface area contributed by atoms with Crippen LogP contribution in [0.3, 0.4) is 0 Å². The van der Waals surface area contributed by atoms with E-state index in [4.69, 9.17) is 5.84 Å². The molecule has 2 aliphatic carbocycles. The number of hydrogen-bond acceptors (Lipinski definition) is 5. The van der Waals surface area contributed by atoms with Crippen molar-refractivity contribution < 1.29 is 0 Å². The molecule has 0 radical (unpaired) electrons. The second-order valence-electron chi connectivity index (χ2n) is 5.07. The van der Waals surface area contributed by atoms with Crippen LogP contribution in [0.5, 0.6) is 0 Å². The van der Waals surface area contributed by atoms with Gasteiger partial charge in [-0.05, 0) is 25.2 Å². The lowest BCUT2D eigenvalue weighted by atomic mass is 10.3. The Morgan fingerprint density at radius 3 is 2.59 bits per heavy atom. The number of rotatable bonds is 6. The van der Waals surface area contributed by atoms with E-state index in [1.807, 2.05) is 6.07 Å². The molecule has 0 bridgehead atoms. The van der Waals surface area contributed by atoms with Crippen molar-refractivity contribution in [1.29, 1.82) is 0 Å². The Labute approximate surface area is 101 Å². The summed E-state index contributed by atoms with van der Waals surface area (Å²) in [6, 6.07) is 1.87. The Hall–Kier alpha value is -1.36. The normalized spacial score (nSPS) is 19.1. The molecule has 0 atom stereocenters. The Morgan fingerprint density at radius 1 is 1.18 bits per heavy atom. The number of aromatic nitrogens is 2. The molecule has 1 aromatic heterocycles. The lowest BCUT2D eigenvalue weighted by Gasteiger charge is -2.09. The molecule has 0 amide bonds. The van der Waals surface area contributed by atoms with Crippen molar-refractivity contribution in [3.63, 3.8) is 0 Å². The van der Waals surface area contributed by atoms with Gasteiger partial charge in [0, 0.05) is 18.5 Å². The standard InChI is InChI=1S/C12H19N5/c13-17-11-7-10(14-6-5-8-1-2-8)15-12(16-11)9-3-4-9/h7-9H,1-6,13H2,(H2,14,15,16,17). The summed E-state index contributed by atoms with van der Waals surface area (Å²) >= 11 is 0. The largest absolute Gasteiger partial charge is 0.370 e. The van der Waals surface area contributed by atoms with Crippen LogP contribution in [0.25, 0.3) is 0 Å². The predicted molar refractivity (Wildman–Crippen MR) is 67.6 cm³/mol. The Morgan fingerprint density at radius 2 is 1.94 bits per heavy atom. The topological polar surface area (TPSA) is 75.9 Å². The van der Waals surface area contributed by atoms with Crippen molar-refractivity contribution in [1.82, 2.24) is 9.97 Å². The zero-order valence-corrected chi connectivity index (χ0v) is 9.95. The quantitative estimate of drug-likeness (QED) is 0.516. The van der Waals surface area contributed by atoms with Gasteiger partial charge in [0.15, 0.2) is 0 Å². The molecule has 3 rings (SSSR count). The number of nitrogens with one attached hydrogen (secondary N) is 2. The molecule has 0 unspecified atom stereocenters. The fraction of sp³-hybridized carbons (Fsp3) is 0.667. The maximum Gasteiger partial charge on any atom is 0.145 e. The summed E-state index contributed by atoms with van der Waals surface area (Å²) in [4.78, 5) is 8.93. The lowest BCUT2D eigenvalue weighted by Crippen LogP contribution is -2.12. The van der Waals surface area contributed by atoms with Crippen LogP contribution in [0.4, 0.5) is 11.6 Å². The Balaban J connectivity index is 1.65. The minimum absolute atomic E-state index is 0.548. The lowest BCUT2D eigenvalue weighted by molar-refractivity contribution is 0.756. The number of hydrazine groups is 1. The van der Waals surface area contributed by atoms with E-state index in [0.717, 1.165) is 24.1 Å². The van der Waals surface area contributed by atoms with Crippen LogP contribution < -0.4 is 16.6 Å². The van der Waals surface area contributed by atoms with Crippen LogP contribution in [0, 0.1) is 5.92 Å². The third-order valence-electron chi connectivity index (χ3n) is 3.39. The first-order valence-electron chi connectivity index (χ1n) is 6.44. The zero-order chi connectivity index (χ0) is 11.7. The molecule has 0 spiro atoms. The first-order valence-corrected chi connectivity index (χ1v) is 6.44. The molecule has 0 saturated heterocycles. The van der Waals surface area contributed by atoms with Crippen LogP contribution in [0.15, 0.2) is 6.07 Å². The molecule has 0 aromatic carbocycles. The molecule has 1 aromatic rings. The van der Waals surface area contributed by atoms with E-state index in [1.165, 1.54) is 32.1 Å². The van der Waals surface area contributed by atoms with Crippen LogP contribution in [0.2, 0.25) is 0 Å². The van der Waals surface area contributed by atoms with Gasteiger partial charge in [-0.25, -0.2) is 15.8 Å². The van der Waals surface area contributed by atoms with Crippen molar-refractivity contribution >= 4 is 11.6 Å². The molecule has 2 fully saturated rings. The zero-order valence-electron chi connectivity index (χ0n) is 9.95. The third kappa shape index (κ3) is 2.85. The highest BCUT2D eigenvalue weighted by Gasteiger charge is 2.27. The first kappa shape index (κ1) is 10.8. The van der Waals surface area contributed by atoms with Crippen LogP contribution in [-0.4, -0.2) is 16.5 Å². The van der Waals surface area contributed by atoms with E-state index in [1.54, 1.807) is 0 Å². The van der Waals surface area contributed by atoms with Gasteiger partial charge in [0.05, 0.1) is 0 Å². The summed E-state index contributed by atoms with van der Waals surface area (Å²) in [5.41, 5.74) is 2.61. The smallest absolute Gasteiger partial charge is 0.145 e. The predicted octanol–water partition coefficient (Wildman–Crippen LogP) is 1.85. The number of hydrogen-bond donors (Lipinski definition) is 3. The highest BCUT2D eigenvalue weighted by atomic mass is 15.3. The molecular weight excluding hydrogens is 214 g/mol. The highest BCUT2D eigenvalue weighted by Crippen LogP contribution is 2.38. The van der Waals surface area contributed by atoms with Crippen molar-refractivity contribution in [3.05, 3.63) is 11.9 Å². The van der Waals surface area contributed by atoms with Crippen molar-refractivity contribution in [2.45, 2.75) is 38.0 Å². The van der Waals surface area contributed by atoms with Gasteiger partial charge in [-0.3, -0.25) is 0 Å². The van der Waals surface area contributed by atoms with Crippen LogP contribution in [-0.2, 0) is 0 Å². The summed E-state index contributed by atoms with van der Waals surface area (Å²) in [6.07, 6.45) is 6.45. The van der Waals surface area contributed by atoms with Gasteiger partial charge in [0.25, 0.3) is 0 Å². The van der Waals surface area contributed by atoms with Gasteiger partial charge in [-0.1, -0.05) is 12.8 Å². The van der Waals surface area contributed by atoms with Gasteiger partial charge < -0.3 is 10.7 Å². The second kappa shape index (κ2) is 4.49. The fourth-order valence-electron chi connectivity index (χ4n) is 1.97. The van der Waals surface area contributed by atoms with Crippen molar-refractivity contribution in [3.8, 4) is 0 Å². The highest BCUT2D eigenvalue weighted by molar-refractivity contribution is 5.47. The van der Waals surface area contributed by atoms with E-state index < -0.39 is 0 Å². The van der Waals surface area contributed by atoms with Gasteiger partial charge >= 0.3 is 0 Å². The van der Waals surface area contributed by atoms with E-state index in [-0.39, 0.29) is 0 Å².